The van der Waals surface area contributed by atoms with Crippen molar-refractivity contribution < 1.29 is 4.79 Å². The average molecular weight is 184 g/mol. The highest BCUT2D eigenvalue weighted by Crippen LogP contribution is 2.21. The van der Waals surface area contributed by atoms with Crippen molar-refractivity contribution in [3.05, 3.63) is 0 Å². The molecule has 13 heavy (non-hydrogen) atoms. The van der Waals surface area contributed by atoms with E-state index in [1.54, 1.807) is 4.90 Å². The second-order valence-corrected chi connectivity index (χ2v) is 4.05. The zero-order valence-corrected chi connectivity index (χ0v) is 8.29. The number of rotatable bonds is 0. The zero-order chi connectivity index (χ0) is 10.1. The summed E-state index contributed by atoms with van der Waals surface area (Å²) in [6, 6.07) is 0. The summed E-state index contributed by atoms with van der Waals surface area (Å²) < 4.78 is 0. The quantitative estimate of drug-likeness (QED) is 0.401. The fourth-order valence-electron chi connectivity index (χ4n) is 1.31. The number of nitrogens with two attached hydrogens (primary N) is 1. The zero-order valence-electron chi connectivity index (χ0n) is 8.29. The van der Waals surface area contributed by atoms with Crippen LogP contribution in [0.1, 0.15) is 20.8 Å². The fraction of sp³-hybridized carbons (Fsp3) is 0.750. The van der Waals surface area contributed by atoms with Crippen LogP contribution in [0.15, 0.2) is 4.99 Å². The van der Waals surface area contributed by atoms with E-state index in [0.717, 1.165) is 0 Å². The number of hydrogen-bond donors (Lipinski definition) is 2. The van der Waals surface area contributed by atoms with Gasteiger partial charge in [-0.15, -0.1) is 0 Å². The van der Waals surface area contributed by atoms with Gasteiger partial charge in [0.25, 0.3) is 0 Å². The predicted octanol–water partition coefficient (Wildman–Crippen LogP) is -0.306. The number of guanidine groups is 1. The molecule has 0 aromatic heterocycles. The Kier molecular flexibility index (Phi) is 2.56. The van der Waals surface area contributed by atoms with Gasteiger partial charge in [0.1, 0.15) is 0 Å². The van der Waals surface area contributed by atoms with E-state index in [9.17, 15) is 4.79 Å². The molecule has 0 saturated heterocycles. The molecule has 3 N–H and O–H groups in total. The standard InChI is InChI=1S/C8H16N4O/c1-6(13)12-5-8(2,3)4-10-7(12)11-9/h4-5,9H2,1-3H3,(H,10,11). The van der Waals surface area contributed by atoms with Gasteiger partial charge in [0.05, 0.1) is 0 Å². The Bertz CT molecular complexity index is 247. The SMILES string of the molecule is CC(=O)N1CC(C)(C)CN=C1NN. The molecular weight excluding hydrogens is 168 g/mol. The monoisotopic (exact) mass is 184 g/mol. The van der Waals surface area contributed by atoms with Crippen molar-refractivity contribution in [1.29, 1.82) is 0 Å². The third-order valence-electron chi connectivity index (χ3n) is 2.01. The molecule has 0 fully saturated rings. The first-order valence-electron chi connectivity index (χ1n) is 4.25. The molecule has 0 atom stereocenters. The van der Waals surface area contributed by atoms with E-state index in [0.29, 0.717) is 19.0 Å². The Hall–Kier alpha value is -1.10. The minimum Gasteiger partial charge on any atom is -0.294 e. The Morgan fingerprint density at radius 3 is 2.77 bits per heavy atom. The molecule has 0 saturated carbocycles. The molecular formula is C8H16N4O. The van der Waals surface area contributed by atoms with Crippen LogP contribution in [-0.2, 0) is 4.79 Å². The van der Waals surface area contributed by atoms with Crippen molar-refractivity contribution in [3.63, 3.8) is 0 Å². The van der Waals surface area contributed by atoms with Crippen molar-refractivity contribution in [3.8, 4) is 0 Å². The average Bonchev–Trinajstić information content (AvgIpc) is 2.03. The maximum atomic E-state index is 11.2. The van der Waals surface area contributed by atoms with E-state index in [4.69, 9.17) is 5.84 Å². The van der Waals surface area contributed by atoms with Gasteiger partial charge in [0.15, 0.2) is 0 Å². The highest BCUT2D eigenvalue weighted by atomic mass is 16.2. The molecule has 0 aliphatic carbocycles. The topological polar surface area (TPSA) is 70.7 Å². The van der Waals surface area contributed by atoms with Crippen molar-refractivity contribution in [2.24, 2.45) is 16.3 Å². The summed E-state index contributed by atoms with van der Waals surface area (Å²) in [6.45, 7) is 7.00. The summed E-state index contributed by atoms with van der Waals surface area (Å²) in [7, 11) is 0. The first-order chi connectivity index (χ1) is 5.96. The van der Waals surface area contributed by atoms with Gasteiger partial charge in [0.2, 0.25) is 11.9 Å². The van der Waals surface area contributed by atoms with Crippen LogP contribution in [0.2, 0.25) is 0 Å². The van der Waals surface area contributed by atoms with Crippen molar-refractivity contribution in [2.75, 3.05) is 13.1 Å². The smallest absolute Gasteiger partial charge is 0.226 e. The first-order valence-corrected chi connectivity index (χ1v) is 4.25. The van der Waals surface area contributed by atoms with E-state index in [1.807, 2.05) is 0 Å². The van der Waals surface area contributed by atoms with E-state index < -0.39 is 0 Å². The fourth-order valence-corrected chi connectivity index (χ4v) is 1.31. The first kappa shape index (κ1) is 9.98. The van der Waals surface area contributed by atoms with Gasteiger partial charge in [-0.1, -0.05) is 13.8 Å². The van der Waals surface area contributed by atoms with E-state index in [-0.39, 0.29) is 11.3 Å². The third-order valence-corrected chi connectivity index (χ3v) is 2.01. The number of hydrazine groups is 1. The third kappa shape index (κ3) is 2.18. The molecule has 1 rings (SSSR count). The van der Waals surface area contributed by atoms with Crippen molar-refractivity contribution in [2.45, 2.75) is 20.8 Å². The van der Waals surface area contributed by atoms with Crippen LogP contribution in [0, 0.1) is 5.41 Å². The van der Waals surface area contributed by atoms with E-state index in [1.165, 1.54) is 6.92 Å². The molecule has 0 radical (unpaired) electrons. The summed E-state index contributed by atoms with van der Waals surface area (Å²) in [4.78, 5) is 17.0. The van der Waals surface area contributed by atoms with Gasteiger partial charge < -0.3 is 0 Å². The van der Waals surface area contributed by atoms with Crippen LogP contribution < -0.4 is 11.3 Å². The molecule has 5 heteroatoms. The summed E-state index contributed by atoms with van der Waals surface area (Å²) in [6.07, 6.45) is 0. The Morgan fingerprint density at radius 1 is 1.69 bits per heavy atom. The number of nitrogens with zero attached hydrogens (tertiary/aromatic N) is 2. The second-order valence-electron chi connectivity index (χ2n) is 4.05. The van der Waals surface area contributed by atoms with Crippen molar-refractivity contribution in [1.82, 2.24) is 10.3 Å². The highest BCUT2D eigenvalue weighted by molar-refractivity contribution is 5.96. The molecule has 1 heterocycles. The summed E-state index contributed by atoms with van der Waals surface area (Å²) >= 11 is 0. The van der Waals surface area contributed by atoms with Gasteiger partial charge >= 0.3 is 0 Å². The largest absolute Gasteiger partial charge is 0.294 e. The van der Waals surface area contributed by atoms with Gasteiger partial charge in [-0.25, -0.2) is 5.84 Å². The Morgan fingerprint density at radius 2 is 2.31 bits per heavy atom. The lowest BCUT2D eigenvalue weighted by Gasteiger charge is -2.35. The molecule has 0 aromatic rings. The molecule has 0 bridgehead atoms. The maximum absolute atomic E-state index is 11.2. The molecule has 0 unspecified atom stereocenters. The molecule has 1 aliphatic heterocycles. The molecule has 5 nitrogen and oxygen atoms in total. The minimum absolute atomic E-state index is 0.0337. The molecule has 1 amide bonds. The summed E-state index contributed by atoms with van der Waals surface area (Å²) in [5, 5.41) is 0. The number of hydrogen-bond acceptors (Lipinski definition) is 4. The van der Waals surface area contributed by atoms with Gasteiger partial charge in [0, 0.05) is 25.4 Å². The number of aliphatic imine (C=N–C) groups is 1. The number of carbonyl (C=O) groups excluding carboxylic acids is 1. The van der Waals surface area contributed by atoms with Crippen LogP contribution >= 0.6 is 0 Å². The normalized spacial score (nSPS) is 20.9. The Labute approximate surface area is 78.0 Å². The predicted molar refractivity (Wildman–Crippen MR) is 50.8 cm³/mol. The van der Waals surface area contributed by atoms with Crippen LogP contribution in [0.4, 0.5) is 0 Å². The van der Waals surface area contributed by atoms with E-state index in [2.05, 4.69) is 24.3 Å². The molecule has 1 aliphatic rings. The lowest BCUT2D eigenvalue weighted by molar-refractivity contribution is -0.126. The maximum Gasteiger partial charge on any atom is 0.226 e. The van der Waals surface area contributed by atoms with Crippen molar-refractivity contribution >= 4 is 11.9 Å². The lowest BCUT2D eigenvalue weighted by Crippen LogP contribution is -2.54. The van der Waals surface area contributed by atoms with Gasteiger partial charge in [-0.3, -0.25) is 20.1 Å². The van der Waals surface area contributed by atoms with Gasteiger partial charge in [-0.2, -0.15) is 0 Å². The van der Waals surface area contributed by atoms with Crippen LogP contribution in [-0.4, -0.2) is 29.9 Å². The van der Waals surface area contributed by atoms with Crippen LogP contribution in [0.5, 0.6) is 0 Å². The van der Waals surface area contributed by atoms with Crippen LogP contribution in [0.3, 0.4) is 0 Å². The summed E-state index contributed by atoms with van der Waals surface area (Å²) in [5.74, 6) is 5.67. The lowest BCUT2D eigenvalue weighted by atomic mass is 9.92. The van der Waals surface area contributed by atoms with Crippen LogP contribution in [0.25, 0.3) is 0 Å². The molecule has 0 spiro atoms. The Balaban J connectivity index is 2.85. The number of nitrogens with one attached hydrogen (secondary N) is 1. The minimum atomic E-state index is -0.0375. The molecule has 74 valence electrons. The second kappa shape index (κ2) is 3.33. The number of amides is 1. The van der Waals surface area contributed by atoms with E-state index >= 15 is 0 Å². The molecule has 0 aromatic carbocycles. The highest BCUT2D eigenvalue weighted by Gasteiger charge is 2.30. The van der Waals surface area contributed by atoms with Gasteiger partial charge in [-0.05, 0) is 0 Å². The number of carbonyl (C=O) groups is 1. The summed E-state index contributed by atoms with van der Waals surface area (Å²) in [5.41, 5.74) is 2.46.